The van der Waals surface area contributed by atoms with E-state index in [1.54, 1.807) is 0 Å². The molecule has 0 aliphatic heterocycles. The van der Waals surface area contributed by atoms with Gasteiger partial charge in [-0.2, -0.15) is 0 Å². The molecule has 1 heterocycles. The Labute approximate surface area is 126 Å². The Balaban J connectivity index is 2.88. The summed E-state index contributed by atoms with van der Waals surface area (Å²) in [7, 11) is -3.70. The van der Waals surface area contributed by atoms with Crippen LogP contribution in [0, 0.1) is 12.3 Å². The van der Waals surface area contributed by atoms with Gasteiger partial charge in [0.2, 0.25) is 0 Å². The molecule has 1 N–H and O–H groups in total. The zero-order chi connectivity index (χ0) is 16.5. The third-order valence-electron chi connectivity index (χ3n) is 2.96. The fourth-order valence-electron chi connectivity index (χ4n) is 1.94. The Kier molecular flexibility index (Phi) is 3.89. The number of rotatable bonds is 3. The van der Waals surface area contributed by atoms with Gasteiger partial charge in [0.15, 0.2) is 15.3 Å². The molecule has 22 heavy (non-hydrogen) atoms. The number of nitrogens with zero attached hydrogens (tertiary/aromatic N) is 1. The molecule has 1 aromatic carbocycles. The topological polar surface area (TPSA) is 93.4 Å². The standard InChI is InChI=1S/C15H11NO5S/c1-3-10-8-13(16-6-4-11(17)5-7-16)14(22(2,20)21)9-12(10)15(18)19/h1,4-9H,2H3,(H,18,19). The third kappa shape index (κ3) is 2.92. The molecule has 0 radical (unpaired) electrons. The SMILES string of the molecule is C#Cc1cc(-n2ccc(=O)cc2)c(S(C)(=O)=O)cc1C(=O)O. The Hall–Kier alpha value is -2.85. The molecule has 0 aliphatic carbocycles. The number of carboxylic acid groups (broad SMARTS) is 1. The van der Waals surface area contributed by atoms with Gasteiger partial charge in [0.25, 0.3) is 0 Å². The van der Waals surface area contributed by atoms with Crippen LogP contribution in [0.1, 0.15) is 15.9 Å². The van der Waals surface area contributed by atoms with Gasteiger partial charge in [0.05, 0.1) is 16.1 Å². The Morgan fingerprint density at radius 2 is 1.86 bits per heavy atom. The number of aromatic nitrogens is 1. The van der Waals surface area contributed by atoms with Crippen LogP contribution in [-0.4, -0.2) is 30.3 Å². The highest BCUT2D eigenvalue weighted by Gasteiger charge is 2.20. The normalized spacial score (nSPS) is 10.9. The van der Waals surface area contributed by atoms with E-state index in [1.165, 1.54) is 35.2 Å². The molecule has 0 bridgehead atoms. The molecule has 0 amide bonds. The zero-order valence-corrected chi connectivity index (χ0v) is 12.3. The van der Waals surface area contributed by atoms with Crippen LogP contribution in [0.3, 0.4) is 0 Å². The second-order valence-corrected chi connectivity index (χ2v) is 6.51. The Bertz CT molecular complexity index is 944. The Morgan fingerprint density at radius 3 is 2.32 bits per heavy atom. The summed E-state index contributed by atoms with van der Waals surface area (Å²) in [4.78, 5) is 22.2. The van der Waals surface area contributed by atoms with Crippen LogP contribution in [0.4, 0.5) is 0 Å². The number of sulfone groups is 1. The average molecular weight is 317 g/mol. The van der Waals surface area contributed by atoms with Gasteiger partial charge >= 0.3 is 5.97 Å². The molecule has 0 aliphatic rings. The van der Waals surface area contributed by atoms with E-state index in [2.05, 4.69) is 5.92 Å². The predicted molar refractivity (Wildman–Crippen MR) is 80.0 cm³/mol. The van der Waals surface area contributed by atoms with E-state index in [-0.39, 0.29) is 27.1 Å². The second kappa shape index (κ2) is 5.50. The number of carboxylic acids is 1. The molecule has 6 nitrogen and oxygen atoms in total. The number of terminal acetylenes is 1. The van der Waals surface area contributed by atoms with E-state index in [0.717, 1.165) is 12.3 Å². The molecular weight excluding hydrogens is 306 g/mol. The lowest BCUT2D eigenvalue weighted by Gasteiger charge is -2.13. The van der Waals surface area contributed by atoms with E-state index < -0.39 is 15.8 Å². The van der Waals surface area contributed by atoms with Crippen LogP contribution in [0.25, 0.3) is 5.69 Å². The van der Waals surface area contributed by atoms with Crippen molar-refractivity contribution < 1.29 is 18.3 Å². The number of pyridine rings is 1. The highest BCUT2D eigenvalue weighted by molar-refractivity contribution is 7.90. The van der Waals surface area contributed by atoms with Gasteiger partial charge < -0.3 is 9.67 Å². The van der Waals surface area contributed by atoms with Crippen LogP contribution in [-0.2, 0) is 9.84 Å². The molecule has 0 saturated carbocycles. The lowest BCUT2D eigenvalue weighted by Crippen LogP contribution is -2.11. The van der Waals surface area contributed by atoms with Crippen molar-refractivity contribution in [1.82, 2.24) is 4.57 Å². The first-order valence-electron chi connectivity index (χ1n) is 6.00. The van der Waals surface area contributed by atoms with E-state index in [4.69, 9.17) is 11.5 Å². The maximum Gasteiger partial charge on any atom is 0.337 e. The minimum atomic E-state index is -3.70. The molecule has 0 fully saturated rings. The van der Waals surface area contributed by atoms with Gasteiger partial charge in [-0.15, -0.1) is 6.42 Å². The van der Waals surface area contributed by atoms with Crippen molar-refractivity contribution in [2.75, 3.05) is 6.26 Å². The van der Waals surface area contributed by atoms with E-state index >= 15 is 0 Å². The number of carbonyl (C=O) groups is 1. The zero-order valence-electron chi connectivity index (χ0n) is 11.5. The van der Waals surface area contributed by atoms with Crippen LogP contribution < -0.4 is 5.43 Å². The van der Waals surface area contributed by atoms with Gasteiger partial charge in [-0.3, -0.25) is 4.79 Å². The summed E-state index contributed by atoms with van der Waals surface area (Å²) in [5.74, 6) is 0.911. The summed E-state index contributed by atoms with van der Waals surface area (Å²) in [6, 6.07) is 4.84. The van der Waals surface area contributed by atoms with Crippen LogP contribution in [0.2, 0.25) is 0 Å². The number of hydrogen-bond acceptors (Lipinski definition) is 4. The minimum absolute atomic E-state index is 0.0496. The quantitative estimate of drug-likeness (QED) is 0.850. The van der Waals surface area contributed by atoms with Crippen molar-refractivity contribution in [2.24, 2.45) is 0 Å². The summed E-state index contributed by atoms with van der Waals surface area (Å²) in [5.41, 5.74) is -0.279. The highest BCUT2D eigenvalue weighted by atomic mass is 32.2. The molecule has 7 heteroatoms. The van der Waals surface area contributed by atoms with Crippen molar-refractivity contribution in [1.29, 1.82) is 0 Å². The molecule has 0 atom stereocenters. The van der Waals surface area contributed by atoms with Crippen LogP contribution in [0.15, 0.2) is 46.3 Å². The molecule has 0 spiro atoms. The highest BCUT2D eigenvalue weighted by Crippen LogP contribution is 2.24. The first-order valence-corrected chi connectivity index (χ1v) is 7.90. The number of aromatic carboxylic acids is 1. The molecule has 1 aromatic heterocycles. The van der Waals surface area contributed by atoms with Crippen LogP contribution in [0.5, 0.6) is 0 Å². The predicted octanol–water partition coefficient (Wildman–Crippen LogP) is 0.920. The lowest BCUT2D eigenvalue weighted by molar-refractivity contribution is 0.0696. The summed E-state index contributed by atoms with van der Waals surface area (Å²) < 4.78 is 25.3. The van der Waals surface area contributed by atoms with Crippen LogP contribution >= 0.6 is 0 Å². The lowest BCUT2D eigenvalue weighted by atomic mass is 10.1. The average Bonchev–Trinajstić information content (AvgIpc) is 2.45. The Morgan fingerprint density at radius 1 is 1.27 bits per heavy atom. The first kappa shape index (κ1) is 15.5. The van der Waals surface area contributed by atoms with Gasteiger partial charge in [-0.05, 0) is 12.1 Å². The molecule has 0 unspecified atom stereocenters. The maximum absolute atomic E-state index is 11.9. The number of benzene rings is 1. The van der Waals surface area contributed by atoms with E-state index in [0.29, 0.717) is 0 Å². The van der Waals surface area contributed by atoms with Gasteiger partial charge in [0.1, 0.15) is 0 Å². The second-order valence-electron chi connectivity index (χ2n) is 4.53. The summed E-state index contributed by atoms with van der Waals surface area (Å²) in [5, 5.41) is 9.15. The third-order valence-corrected chi connectivity index (χ3v) is 4.09. The van der Waals surface area contributed by atoms with Gasteiger partial charge in [0, 0.05) is 36.3 Å². The summed E-state index contributed by atoms with van der Waals surface area (Å²) >= 11 is 0. The van der Waals surface area contributed by atoms with E-state index in [1.807, 2.05) is 0 Å². The first-order chi connectivity index (χ1) is 10.2. The van der Waals surface area contributed by atoms with Crippen molar-refractivity contribution in [2.45, 2.75) is 4.90 Å². The molecule has 0 saturated heterocycles. The monoisotopic (exact) mass is 317 g/mol. The summed E-state index contributed by atoms with van der Waals surface area (Å²) in [6.07, 6.45) is 9.03. The van der Waals surface area contributed by atoms with Crippen molar-refractivity contribution in [3.8, 4) is 18.0 Å². The fraction of sp³-hybridized carbons (Fsp3) is 0.0667. The fourth-order valence-corrected chi connectivity index (χ4v) is 2.81. The molecular formula is C15H11NO5S. The molecule has 2 aromatic rings. The number of hydrogen-bond donors (Lipinski definition) is 1. The largest absolute Gasteiger partial charge is 0.478 e. The molecule has 112 valence electrons. The van der Waals surface area contributed by atoms with Crippen molar-refractivity contribution in [3.63, 3.8) is 0 Å². The van der Waals surface area contributed by atoms with Crippen molar-refractivity contribution in [3.05, 3.63) is 58.0 Å². The minimum Gasteiger partial charge on any atom is -0.478 e. The molecule has 2 rings (SSSR count). The summed E-state index contributed by atoms with van der Waals surface area (Å²) in [6.45, 7) is 0. The van der Waals surface area contributed by atoms with Gasteiger partial charge in [-0.25, -0.2) is 13.2 Å². The smallest absolute Gasteiger partial charge is 0.337 e. The van der Waals surface area contributed by atoms with E-state index in [9.17, 15) is 18.0 Å². The van der Waals surface area contributed by atoms with Gasteiger partial charge in [-0.1, -0.05) is 5.92 Å². The van der Waals surface area contributed by atoms with Crippen molar-refractivity contribution >= 4 is 15.8 Å². The maximum atomic E-state index is 11.9.